The minimum absolute atomic E-state index is 0.122. The number of hydrogen-bond acceptors (Lipinski definition) is 4. The van der Waals surface area contributed by atoms with Gasteiger partial charge in [-0.1, -0.05) is 12.1 Å². The number of carbonyl (C=O) groups is 1. The number of phenols is 1. The van der Waals surface area contributed by atoms with Crippen molar-refractivity contribution in [1.29, 1.82) is 0 Å². The zero-order chi connectivity index (χ0) is 12.8. The fourth-order valence-corrected chi connectivity index (χ4v) is 1.39. The molecule has 4 heteroatoms. The first-order valence-electron chi connectivity index (χ1n) is 5.39. The molecule has 0 bridgehead atoms. The molecule has 0 radical (unpaired) electrons. The fourth-order valence-electron chi connectivity index (χ4n) is 1.39. The summed E-state index contributed by atoms with van der Waals surface area (Å²) in [6.07, 6.45) is 1.67. The van der Waals surface area contributed by atoms with Crippen LogP contribution in [0.1, 0.15) is 12.5 Å². The van der Waals surface area contributed by atoms with Gasteiger partial charge in [0, 0.05) is 20.3 Å². The third-order valence-electron chi connectivity index (χ3n) is 2.04. The van der Waals surface area contributed by atoms with Crippen LogP contribution < -0.4 is 0 Å². The molecule has 0 fully saturated rings. The standard InChI is InChI=1S/C13H17NO3/c1-4-17-13(16)12(9-14(2)3)10-6-5-7-11(15)8-10/h5-9,15H,4H2,1-3H3/b12-9-. The third-order valence-corrected chi connectivity index (χ3v) is 2.04. The average molecular weight is 235 g/mol. The van der Waals surface area contributed by atoms with Crippen molar-refractivity contribution < 1.29 is 14.6 Å². The molecule has 0 aliphatic rings. The van der Waals surface area contributed by atoms with Gasteiger partial charge in [-0.15, -0.1) is 0 Å². The van der Waals surface area contributed by atoms with Crippen LogP contribution in [0.5, 0.6) is 5.75 Å². The van der Waals surface area contributed by atoms with Crippen LogP contribution in [-0.4, -0.2) is 36.7 Å². The summed E-state index contributed by atoms with van der Waals surface area (Å²) in [4.78, 5) is 13.6. The van der Waals surface area contributed by atoms with Crippen molar-refractivity contribution in [2.75, 3.05) is 20.7 Å². The Balaban J connectivity index is 3.11. The Morgan fingerprint density at radius 3 is 2.71 bits per heavy atom. The van der Waals surface area contributed by atoms with E-state index in [4.69, 9.17) is 4.74 Å². The molecule has 92 valence electrons. The lowest BCUT2D eigenvalue weighted by Gasteiger charge is -2.11. The summed E-state index contributed by atoms with van der Waals surface area (Å²) in [5.41, 5.74) is 1.06. The molecule has 0 unspecified atom stereocenters. The van der Waals surface area contributed by atoms with Gasteiger partial charge in [0.2, 0.25) is 0 Å². The Labute approximate surface area is 101 Å². The average Bonchev–Trinajstić information content (AvgIpc) is 2.26. The fraction of sp³-hybridized carbons (Fsp3) is 0.308. The number of esters is 1. The molecule has 0 aliphatic carbocycles. The van der Waals surface area contributed by atoms with Crippen LogP contribution in [0.15, 0.2) is 30.5 Å². The molecule has 0 saturated carbocycles. The second-order valence-corrected chi connectivity index (χ2v) is 3.78. The Hall–Kier alpha value is -1.97. The van der Waals surface area contributed by atoms with E-state index < -0.39 is 5.97 Å². The van der Waals surface area contributed by atoms with Crippen molar-refractivity contribution >= 4 is 11.5 Å². The molecule has 0 aliphatic heterocycles. The summed E-state index contributed by atoms with van der Waals surface area (Å²) in [6, 6.07) is 6.54. The van der Waals surface area contributed by atoms with E-state index in [1.54, 1.807) is 36.2 Å². The Morgan fingerprint density at radius 1 is 1.47 bits per heavy atom. The highest BCUT2D eigenvalue weighted by Gasteiger charge is 2.13. The second kappa shape index (κ2) is 5.94. The highest BCUT2D eigenvalue weighted by molar-refractivity contribution is 6.16. The lowest BCUT2D eigenvalue weighted by molar-refractivity contribution is -0.136. The van der Waals surface area contributed by atoms with E-state index in [1.165, 1.54) is 6.07 Å². The monoisotopic (exact) mass is 235 g/mol. The molecule has 1 aromatic rings. The maximum absolute atomic E-state index is 11.8. The first-order chi connectivity index (χ1) is 8.04. The van der Waals surface area contributed by atoms with Gasteiger partial charge in [-0.2, -0.15) is 0 Å². The van der Waals surface area contributed by atoms with Crippen LogP contribution in [0.2, 0.25) is 0 Å². The van der Waals surface area contributed by atoms with Crippen molar-refractivity contribution in [3.63, 3.8) is 0 Å². The third kappa shape index (κ3) is 3.83. The minimum atomic E-state index is -0.396. The topological polar surface area (TPSA) is 49.8 Å². The van der Waals surface area contributed by atoms with Crippen LogP contribution in [-0.2, 0) is 9.53 Å². The van der Waals surface area contributed by atoms with Crippen LogP contribution in [0.4, 0.5) is 0 Å². The number of carbonyl (C=O) groups excluding carboxylic acids is 1. The van der Waals surface area contributed by atoms with Crippen molar-refractivity contribution in [3.05, 3.63) is 36.0 Å². The van der Waals surface area contributed by atoms with Gasteiger partial charge >= 0.3 is 5.97 Å². The maximum Gasteiger partial charge on any atom is 0.340 e. The molecule has 1 N–H and O–H groups in total. The number of phenolic OH excluding ortho intramolecular Hbond substituents is 1. The highest BCUT2D eigenvalue weighted by atomic mass is 16.5. The summed E-state index contributed by atoms with van der Waals surface area (Å²) in [6.45, 7) is 2.08. The van der Waals surface area contributed by atoms with Crippen LogP contribution in [0.25, 0.3) is 5.57 Å². The summed E-state index contributed by atoms with van der Waals surface area (Å²) < 4.78 is 4.98. The lowest BCUT2D eigenvalue weighted by atomic mass is 10.1. The number of aromatic hydroxyl groups is 1. The van der Waals surface area contributed by atoms with Gasteiger partial charge in [-0.25, -0.2) is 4.79 Å². The molecule has 1 aromatic carbocycles. The second-order valence-electron chi connectivity index (χ2n) is 3.78. The molecule has 0 amide bonds. The van der Waals surface area contributed by atoms with Gasteiger partial charge < -0.3 is 14.7 Å². The smallest absolute Gasteiger partial charge is 0.340 e. The Morgan fingerprint density at radius 2 is 2.18 bits per heavy atom. The molecule has 0 saturated heterocycles. The Kier molecular flexibility index (Phi) is 4.57. The van der Waals surface area contributed by atoms with Gasteiger partial charge in [0.1, 0.15) is 5.75 Å². The van der Waals surface area contributed by atoms with E-state index in [9.17, 15) is 9.90 Å². The quantitative estimate of drug-likeness (QED) is 0.639. The largest absolute Gasteiger partial charge is 0.508 e. The SMILES string of the molecule is CCOC(=O)/C(=C\N(C)C)c1cccc(O)c1. The number of ether oxygens (including phenoxy) is 1. The Bertz CT molecular complexity index is 424. The van der Waals surface area contributed by atoms with Crippen molar-refractivity contribution in [1.82, 2.24) is 4.90 Å². The van der Waals surface area contributed by atoms with E-state index in [-0.39, 0.29) is 5.75 Å². The molecule has 0 heterocycles. The minimum Gasteiger partial charge on any atom is -0.508 e. The van der Waals surface area contributed by atoms with Gasteiger partial charge in [0.15, 0.2) is 0 Å². The van der Waals surface area contributed by atoms with Crippen molar-refractivity contribution in [3.8, 4) is 5.75 Å². The zero-order valence-corrected chi connectivity index (χ0v) is 10.3. The molecular formula is C13H17NO3. The van der Waals surface area contributed by atoms with Crippen LogP contribution in [0.3, 0.4) is 0 Å². The first kappa shape index (κ1) is 13.1. The summed E-state index contributed by atoms with van der Waals surface area (Å²) >= 11 is 0. The number of nitrogens with zero attached hydrogens (tertiary/aromatic N) is 1. The molecule has 17 heavy (non-hydrogen) atoms. The van der Waals surface area contributed by atoms with E-state index in [1.807, 2.05) is 14.1 Å². The molecule has 0 atom stereocenters. The van der Waals surface area contributed by atoms with E-state index in [2.05, 4.69) is 0 Å². The van der Waals surface area contributed by atoms with Gasteiger partial charge in [0.05, 0.1) is 12.2 Å². The number of rotatable bonds is 4. The number of hydrogen-bond donors (Lipinski definition) is 1. The van der Waals surface area contributed by atoms with E-state index in [0.717, 1.165) is 0 Å². The predicted molar refractivity (Wildman–Crippen MR) is 66.4 cm³/mol. The predicted octanol–water partition coefficient (Wildman–Crippen LogP) is 1.86. The zero-order valence-electron chi connectivity index (χ0n) is 10.3. The number of benzene rings is 1. The van der Waals surface area contributed by atoms with Crippen LogP contribution >= 0.6 is 0 Å². The van der Waals surface area contributed by atoms with Gasteiger partial charge in [0.25, 0.3) is 0 Å². The van der Waals surface area contributed by atoms with Crippen molar-refractivity contribution in [2.24, 2.45) is 0 Å². The first-order valence-corrected chi connectivity index (χ1v) is 5.39. The van der Waals surface area contributed by atoms with Crippen LogP contribution in [0, 0.1) is 0 Å². The summed E-state index contributed by atoms with van der Waals surface area (Å²) in [5.74, 6) is -0.275. The van der Waals surface area contributed by atoms with Gasteiger partial charge in [-0.3, -0.25) is 0 Å². The van der Waals surface area contributed by atoms with Gasteiger partial charge in [-0.05, 0) is 24.6 Å². The molecule has 0 aromatic heterocycles. The van der Waals surface area contributed by atoms with Crippen molar-refractivity contribution in [2.45, 2.75) is 6.92 Å². The molecule has 1 rings (SSSR count). The maximum atomic E-state index is 11.8. The molecule has 4 nitrogen and oxygen atoms in total. The summed E-state index contributed by atoms with van der Waals surface area (Å²) in [5, 5.41) is 9.41. The molecular weight excluding hydrogens is 218 g/mol. The highest BCUT2D eigenvalue weighted by Crippen LogP contribution is 2.20. The summed E-state index contributed by atoms with van der Waals surface area (Å²) in [7, 11) is 3.64. The molecule has 0 spiro atoms. The lowest BCUT2D eigenvalue weighted by Crippen LogP contribution is -2.11. The normalized spacial score (nSPS) is 11.1. The van der Waals surface area contributed by atoms with E-state index in [0.29, 0.717) is 17.7 Å². The van der Waals surface area contributed by atoms with E-state index >= 15 is 0 Å².